The molecule has 0 unspecified atom stereocenters. The fourth-order valence-electron chi connectivity index (χ4n) is 2.91. The van der Waals surface area contributed by atoms with E-state index >= 15 is 0 Å². The van der Waals surface area contributed by atoms with Gasteiger partial charge in [0.1, 0.15) is 12.4 Å². The number of amides is 1. The summed E-state index contributed by atoms with van der Waals surface area (Å²) in [5.74, 6) is 0.524. The number of nitrogens with one attached hydrogen (secondary N) is 1. The van der Waals surface area contributed by atoms with Crippen LogP contribution in [0.3, 0.4) is 0 Å². The molecule has 5 nitrogen and oxygen atoms in total. The van der Waals surface area contributed by atoms with E-state index in [2.05, 4.69) is 17.1 Å². The molecule has 23 heavy (non-hydrogen) atoms. The predicted molar refractivity (Wildman–Crippen MR) is 91.0 cm³/mol. The first-order chi connectivity index (χ1) is 11.2. The van der Waals surface area contributed by atoms with Gasteiger partial charge in [-0.25, -0.2) is 0 Å². The lowest BCUT2D eigenvalue weighted by atomic mass is 10.0. The van der Waals surface area contributed by atoms with Crippen LogP contribution >= 0.6 is 0 Å². The van der Waals surface area contributed by atoms with Gasteiger partial charge in [0.25, 0.3) is 5.91 Å². The molecular weight excluding hydrogens is 292 g/mol. The molecule has 0 radical (unpaired) electrons. The van der Waals surface area contributed by atoms with E-state index in [0.717, 1.165) is 13.1 Å². The number of likely N-dealkylation sites (tertiary alicyclic amines) is 1. The monoisotopic (exact) mass is 320 g/mol. The maximum atomic E-state index is 12.4. The molecule has 1 amide bonds. The highest BCUT2D eigenvalue weighted by Gasteiger charge is 2.18. The number of hydrogen-bond acceptors (Lipinski definition) is 4. The first-order valence-corrected chi connectivity index (χ1v) is 8.45. The minimum absolute atomic E-state index is 0.0809. The topological polar surface area (TPSA) is 50.8 Å². The third kappa shape index (κ3) is 5.52. The summed E-state index contributed by atoms with van der Waals surface area (Å²) in [6.07, 6.45) is 3.83. The van der Waals surface area contributed by atoms with Gasteiger partial charge in [-0.2, -0.15) is 0 Å². The highest BCUT2D eigenvalue weighted by atomic mass is 16.5. The van der Waals surface area contributed by atoms with Crippen molar-refractivity contribution in [2.45, 2.75) is 32.2 Å². The van der Waals surface area contributed by atoms with Crippen molar-refractivity contribution >= 4 is 5.91 Å². The van der Waals surface area contributed by atoms with Crippen molar-refractivity contribution in [3.05, 3.63) is 29.8 Å². The summed E-state index contributed by atoms with van der Waals surface area (Å²) in [5, 5.41) is 3.01. The van der Waals surface area contributed by atoms with E-state index in [-0.39, 0.29) is 5.91 Å². The Kier molecular flexibility index (Phi) is 7.36. The average Bonchev–Trinajstić information content (AvgIpc) is 2.57. The second kappa shape index (κ2) is 9.53. The summed E-state index contributed by atoms with van der Waals surface area (Å²) in [6.45, 7) is 5.90. The van der Waals surface area contributed by atoms with Crippen LogP contribution in [0, 0.1) is 0 Å². The van der Waals surface area contributed by atoms with Crippen LogP contribution in [0.2, 0.25) is 0 Å². The number of carbonyl (C=O) groups is 1. The van der Waals surface area contributed by atoms with Crippen LogP contribution in [0.1, 0.15) is 36.5 Å². The van der Waals surface area contributed by atoms with Gasteiger partial charge >= 0.3 is 0 Å². The zero-order valence-corrected chi connectivity index (χ0v) is 14.2. The zero-order valence-electron chi connectivity index (χ0n) is 14.2. The van der Waals surface area contributed by atoms with Gasteiger partial charge in [-0.1, -0.05) is 18.6 Å². The molecule has 0 spiro atoms. The maximum absolute atomic E-state index is 12.4. The highest BCUT2D eigenvalue weighted by Crippen LogP contribution is 2.18. The van der Waals surface area contributed by atoms with Crippen molar-refractivity contribution in [1.29, 1.82) is 0 Å². The van der Waals surface area contributed by atoms with E-state index in [1.165, 1.54) is 19.3 Å². The Morgan fingerprint density at radius 2 is 2.13 bits per heavy atom. The van der Waals surface area contributed by atoms with Crippen LogP contribution in [0.25, 0.3) is 0 Å². The fraction of sp³-hybridized carbons (Fsp3) is 0.611. The molecule has 1 fully saturated rings. The van der Waals surface area contributed by atoms with Crippen molar-refractivity contribution in [2.24, 2.45) is 0 Å². The number of para-hydroxylation sites is 1. The first kappa shape index (κ1) is 17.8. The van der Waals surface area contributed by atoms with Crippen molar-refractivity contribution in [1.82, 2.24) is 10.2 Å². The predicted octanol–water partition coefficient (Wildman–Crippen LogP) is 2.32. The Balaban J connectivity index is 1.83. The second-order valence-electron chi connectivity index (χ2n) is 5.97. The second-order valence-corrected chi connectivity index (χ2v) is 5.97. The smallest absolute Gasteiger partial charge is 0.255 e. The lowest BCUT2D eigenvalue weighted by Gasteiger charge is -2.33. The third-order valence-electron chi connectivity index (χ3n) is 4.30. The van der Waals surface area contributed by atoms with Gasteiger partial charge in [-0.15, -0.1) is 0 Å². The van der Waals surface area contributed by atoms with Gasteiger partial charge in [-0.05, 0) is 38.4 Å². The summed E-state index contributed by atoms with van der Waals surface area (Å²) >= 11 is 0. The van der Waals surface area contributed by atoms with Crippen molar-refractivity contribution in [3.63, 3.8) is 0 Å². The summed E-state index contributed by atoms with van der Waals surface area (Å²) in [5.41, 5.74) is 0.579. The Hall–Kier alpha value is -1.59. The van der Waals surface area contributed by atoms with E-state index in [0.29, 0.717) is 37.1 Å². The lowest BCUT2D eigenvalue weighted by Crippen LogP contribution is -2.42. The molecule has 0 aromatic heterocycles. The Morgan fingerprint density at radius 1 is 1.30 bits per heavy atom. The van der Waals surface area contributed by atoms with Crippen molar-refractivity contribution < 1.29 is 14.3 Å². The van der Waals surface area contributed by atoms with E-state index in [1.807, 2.05) is 18.2 Å². The van der Waals surface area contributed by atoms with Gasteiger partial charge < -0.3 is 14.8 Å². The van der Waals surface area contributed by atoms with Crippen molar-refractivity contribution in [2.75, 3.05) is 40.0 Å². The zero-order chi connectivity index (χ0) is 16.5. The van der Waals surface area contributed by atoms with E-state index in [4.69, 9.17) is 9.47 Å². The van der Waals surface area contributed by atoms with Gasteiger partial charge in [0.05, 0.1) is 12.2 Å². The number of carbonyl (C=O) groups excluding carboxylic acids is 1. The van der Waals surface area contributed by atoms with Gasteiger partial charge in [0, 0.05) is 26.2 Å². The number of methoxy groups -OCH3 is 1. The molecular formula is C18H28N2O3. The minimum Gasteiger partial charge on any atom is -0.490 e. The quantitative estimate of drug-likeness (QED) is 0.747. The van der Waals surface area contributed by atoms with Gasteiger partial charge in [0.2, 0.25) is 0 Å². The Morgan fingerprint density at radius 3 is 2.91 bits per heavy atom. The molecule has 1 aromatic carbocycles. The van der Waals surface area contributed by atoms with Crippen LogP contribution in [0.4, 0.5) is 0 Å². The highest BCUT2D eigenvalue weighted by molar-refractivity contribution is 5.96. The van der Waals surface area contributed by atoms with E-state index in [1.54, 1.807) is 13.2 Å². The molecule has 2 rings (SSSR count). The molecule has 1 aromatic rings. The number of ether oxygens (including phenoxy) is 2. The largest absolute Gasteiger partial charge is 0.490 e. The summed E-state index contributed by atoms with van der Waals surface area (Å²) in [4.78, 5) is 14.8. The average molecular weight is 320 g/mol. The molecule has 1 atom stereocenters. The summed E-state index contributed by atoms with van der Waals surface area (Å²) < 4.78 is 10.6. The number of benzene rings is 1. The SMILES string of the molecule is COCCOc1ccccc1C(=O)NCCN1CCCC[C@@H]1C. The molecule has 128 valence electrons. The molecule has 1 aliphatic rings. The van der Waals surface area contributed by atoms with Gasteiger partial charge in [0.15, 0.2) is 0 Å². The fourth-order valence-corrected chi connectivity index (χ4v) is 2.91. The molecule has 0 saturated carbocycles. The molecule has 0 bridgehead atoms. The number of hydrogen-bond donors (Lipinski definition) is 1. The molecule has 5 heteroatoms. The summed E-state index contributed by atoms with van der Waals surface area (Å²) in [6, 6.07) is 7.95. The van der Waals surface area contributed by atoms with Crippen LogP contribution < -0.4 is 10.1 Å². The van der Waals surface area contributed by atoms with Crippen LogP contribution in [0.5, 0.6) is 5.75 Å². The minimum atomic E-state index is -0.0809. The van der Waals surface area contributed by atoms with E-state index in [9.17, 15) is 4.79 Å². The number of rotatable bonds is 8. The molecule has 1 aliphatic heterocycles. The maximum Gasteiger partial charge on any atom is 0.255 e. The number of nitrogens with zero attached hydrogens (tertiary/aromatic N) is 1. The normalized spacial score (nSPS) is 18.6. The van der Waals surface area contributed by atoms with Gasteiger partial charge in [-0.3, -0.25) is 9.69 Å². The van der Waals surface area contributed by atoms with Crippen molar-refractivity contribution in [3.8, 4) is 5.75 Å². The lowest BCUT2D eigenvalue weighted by molar-refractivity contribution is 0.0931. The first-order valence-electron chi connectivity index (χ1n) is 8.45. The Bertz CT molecular complexity index is 493. The van der Waals surface area contributed by atoms with Crippen LogP contribution in [0.15, 0.2) is 24.3 Å². The van der Waals surface area contributed by atoms with Crippen LogP contribution in [-0.4, -0.2) is 56.8 Å². The Labute approximate surface area is 139 Å². The molecule has 1 saturated heterocycles. The third-order valence-corrected chi connectivity index (χ3v) is 4.30. The van der Waals surface area contributed by atoms with Crippen LogP contribution in [-0.2, 0) is 4.74 Å². The number of piperidine rings is 1. The molecule has 1 N–H and O–H groups in total. The summed E-state index contributed by atoms with van der Waals surface area (Å²) in [7, 11) is 1.63. The standard InChI is InChI=1S/C18H28N2O3/c1-15-7-5-6-11-20(15)12-10-19-18(21)16-8-3-4-9-17(16)23-14-13-22-2/h3-4,8-9,15H,5-7,10-14H2,1-2H3,(H,19,21)/t15-/m0/s1. The molecule has 1 heterocycles. The molecule has 0 aliphatic carbocycles. The van der Waals surface area contributed by atoms with E-state index < -0.39 is 0 Å².